The second-order valence-corrected chi connectivity index (χ2v) is 4.78. The molecule has 0 amide bonds. The largest absolute Gasteiger partial charge is 0.373 e. The fourth-order valence-corrected chi connectivity index (χ4v) is 2.71. The standard InChI is InChI=1S/C8H12BrN3OS/c9-7-5-14-8(11-7)12-1-2-13-6(3-10)4-12/h5-6H,1-4,10H2. The van der Waals surface area contributed by atoms with Crippen molar-refractivity contribution in [3.8, 4) is 0 Å². The number of hydrogen-bond donors (Lipinski definition) is 1. The molecule has 2 rings (SSSR count). The summed E-state index contributed by atoms with van der Waals surface area (Å²) >= 11 is 4.99. The first-order valence-electron chi connectivity index (χ1n) is 4.47. The van der Waals surface area contributed by atoms with Gasteiger partial charge < -0.3 is 15.4 Å². The normalized spacial score (nSPS) is 22.7. The van der Waals surface area contributed by atoms with Crippen LogP contribution >= 0.6 is 27.3 Å². The van der Waals surface area contributed by atoms with Crippen molar-refractivity contribution < 1.29 is 4.74 Å². The van der Waals surface area contributed by atoms with Gasteiger partial charge >= 0.3 is 0 Å². The van der Waals surface area contributed by atoms with E-state index in [0.717, 1.165) is 29.4 Å². The molecule has 0 saturated carbocycles. The maximum atomic E-state index is 5.57. The first-order valence-corrected chi connectivity index (χ1v) is 6.14. The lowest BCUT2D eigenvalue weighted by Gasteiger charge is -2.31. The van der Waals surface area contributed by atoms with Gasteiger partial charge in [0, 0.05) is 25.0 Å². The van der Waals surface area contributed by atoms with Gasteiger partial charge in [-0.05, 0) is 15.9 Å². The monoisotopic (exact) mass is 277 g/mol. The van der Waals surface area contributed by atoms with E-state index in [1.54, 1.807) is 11.3 Å². The van der Waals surface area contributed by atoms with Crippen LogP contribution in [0.5, 0.6) is 0 Å². The highest BCUT2D eigenvalue weighted by Crippen LogP contribution is 2.24. The summed E-state index contributed by atoms with van der Waals surface area (Å²) in [6.07, 6.45) is 0.145. The van der Waals surface area contributed by atoms with Gasteiger partial charge in [0.05, 0.1) is 12.7 Å². The topological polar surface area (TPSA) is 51.4 Å². The van der Waals surface area contributed by atoms with Crippen LogP contribution < -0.4 is 10.6 Å². The average Bonchev–Trinajstić information content (AvgIpc) is 2.65. The van der Waals surface area contributed by atoms with Crippen molar-refractivity contribution in [3.05, 3.63) is 9.98 Å². The van der Waals surface area contributed by atoms with Crippen molar-refractivity contribution >= 4 is 32.4 Å². The fraction of sp³-hybridized carbons (Fsp3) is 0.625. The zero-order valence-corrected chi connectivity index (χ0v) is 10.1. The molecule has 1 fully saturated rings. The smallest absolute Gasteiger partial charge is 0.186 e. The van der Waals surface area contributed by atoms with E-state index in [9.17, 15) is 0 Å². The second kappa shape index (κ2) is 4.57. The van der Waals surface area contributed by atoms with Crippen LogP contribution in [-0.4, -0.2) is 37.3 Å². The van der Waals surface area contributed by atoms with E-state index in [1.807, 2.05) is 5.38 Å². The van der Waals surface area contributed by atoms with Crippen LogP contribution in [0.25, 0.3) is 0 Å². The lowest BCUT2D eigenvalue weighted by atomic mass is 10.3. The summed E-state index contributed by atoms with van der Waals surface area (Å²) in [5, 5.41) is 3.03. The number of morpholine rings is 1. The van der Waals surface area contributed by atoms with Gasteiger partial charge in [0.25, 0.3) is 0 Å². The van der Waals surface area contributed by atoms with E-state index in [0.29, 0.717) is 6.54 Å². The molecule has 0 bridgehead atoms. The Morgan fingerprint density at radius 1 is 1.79 bits per heavy atom. The molecule has 0 radical (unpaired) electrons. The molecule has 4 nitrogen and oxygen atoms in total. The summed E-state index contributed by atoms with van der Waals surface area (Å²) in [5.74, 6) is 0. The molecule has 1 aromatic rings. The first kappa shape index (κ1) is 10.4. The third-order valence-corrected chi connectivity index (χ3v) is 3.75. The summed E-state index contributed by atoms with van der Waals surface area (Å²) in [7, 11) is 0. The number of rotatable bonds is 2. The predicted molar refractivity (Wildman–Crippen MR) is 60.8 cm³/mol. The van der Waals surface area contributed by atoms with Crippen LogP contribution in [0, 0.1) is 0 Å². The Bertz CT molecular complexity index is 307. The highest BCUT2D eigenvalue weighted by molar-refractivity contribution is 9.10. The summed E-state index contributed by atoms with van der Waals surface area (Å²) in [4.78, 5) is 6.59. The SMILES string of the molecule is NCC1CN(c2nc(Br)cs2)CCO1. The summed E-state index contributed by atoms with van der Waals surface area (Å²) in [6.45, 7) is 3.05. The minimum absolute atomic E-state index is 0.145. The lowest BCUT2D eigenvalue weighted by molar-refractivity contribution is 0.0465. The molecular weight excluding hydrogens is 266 g/mol. The maximum absolute atomic E-state index is 5.57. The first-order chi connectivity index (χ1) is 6.79. The highest BCUT2D eigenvalue weighted by atomic mass is 79.9. The highest BCUT2D eigenvalue weighted by Gasteiger charge is 2.21. The molecule has 2 N–H and O–H groups in total. The van der Waals surface area contributed by atoms with E-state index in [4.69, 9.17) is 10.5 Å². The molecule has 1 saturated heterocycles. The molecule has 6 heteroatoms. The summed E-state index contributed by atoms with van der Waals surface area (Å²) in [6, 6.07) is 0. The number of nitrogens with zero attached hydrogens (tertiary/aromatic N) is 2. The Kier molecular flexibility index (Phi) is 3.38. The van der Waals surface area contributed by atoms with Crippen LogP contribution in [0.15, 0.2) is 9.98 Å². The number of nitrogens with two attached hydrogens (primary N) is 1. The van der Waals surface area contributed by atoms with Crippen molar-refractivity contribution in [1.29, 1.82) is 0 Å². The van der Waals surface area contributed by atoms with Crippen LogP contribution in [0.2, 0.25) is 0 Å². The zero-order valence-electron chi connectivity index (χ0n) is 7.65. The van der Waals surface area contributed by atoms with E-state index in [2.05, 4.69) is 25.8 Å². The number of anilines is 1. The number of hydrogen-bond acceptors (Lipinski definition) is 5. The van der Waals surface area contributed by atoms with Crippen molar-refractivity contribution in [3.63, 3.8) is 0 Å². The molecular formula is C8H12BrN3OS. The summed E-state index contributed by atoms with van der Waals surface area (Å²) < 4.78 is 6.38. The number of ether oxygens (including phenoxy) is 1. The van der Waals surface area contributed by atoms with Crippen LogP contribution in [0.1, 0.15) is 0 Å². The average molecular weight is 278 g/mol. The zero-order chi connectivity index (χ0) is 9.97. The Hall–Kier alpha value is -0.170. The van der Waals surface area contributed by atoms with Crippen molar-refractivity contribution in [2.45, 2.75) is 6.10 Å². The minimum Gasteiger partial charge on any atom is -0.373 e. The molecule has 78 valence electrons. The quantitative estimate of drug-likeness (QED) is 0.879. The number of aromatic nitrogens is 1. The van der Waals surface area contributed by atoms with Crippen molar-refractivity contribution in [2.75, 3.05) is 31.1 Å². The van der Waals surface area contributed by atoms with Crippen LogP contribution in [-0.2, 0) is 4.74 Å². The van der Waals surface area contributed by atoms with Gasteiger partial charge in [-0.3, -0.25) is 0 Å². The van der Waals surface area contributed by atoms with Gasteiger partial charge in [-0.2, -0.15) is 0 Å². The van der Waals surface area contributed by atoms with E-state index >= 15 is 0 Å². The molecule has 0 aromatic carbocycles. The Morgan fingerprint density at radius 3 is 3.29 bits per heavy atom. The Labute approximate surface area is 95.2 Å². The molecule has 0 aliphatic carbocycles. The van der Waals surface area contributed by atoms with Gasteiger partial charge in [0.1, 0.15) is 4.60 Å². The third kappa shape index (κ3) is 2.25. The van der Waals surface area contributed by atoms with Gasteiger partial charge in [0.2, 0.25) is 0 Å². The van der Waals surface area contributed by atoms with Gasteiger partial charge in [0.15, 0.2) is 5.13 Å². The third-order valence-electron chi connectivity index (χ3n) is 2.14. The predicted octanol–water partition coefficient (Wildman–Crippen LogP) is 1.07. The van der Waals surface area contributed by atoms with Crippen molar-refractivity contribution in [2.24, 2.45) is 5.73 Å². The van der Waals surface area contributed by atoms with E-state index in [-0.39, 0.29) is 6.10 Å². The second-order valence-electron chi connectivity index (χ2n) is 3.13. The maximum Gasteiger partial charge on any atom is 0.186 e. The van der Waals surface area contributed by atoms with Crippen molar-refractivity contribution in [1.82, 2.24) is 4.98 Å². The van der Waals surface area contributed by atoms with Crippen LogP contribution in [0.4, 0.5) is 5.13 Å². The van der Waals surface area contributed by atoms with E-state index < -0.39 is 0 Å². The Morgan fingerprint density at radius 2 is 2.64 bits per heavy atom. The molecule has 1 aliphatic heterocycles. The molecule has 0 spiro atoms. The van der Waals surface area contributed by atoms with Gasteiger partial charge in [-0.1, -0.05) is 0 Å². The molecule has 2 heterocycles. The molecule has 14 heavy (non-hydrogen) atoms. The van der Waals surface area contributed by atoms with Crippen LogP contribution in [0.3, 0.4) is 0 Å². The number of halogens is 1. The molecule has 1 aromatic heterocycles. The summed E-state index contributed by atoms with van der Waals surface area (Å²) in [5.41, 5.74) is 5.57. The molecule has 1 atom stereocenters. The number of thiazole rings is 1. The lowest BCUT2D eigenvalue weighted by Crippen LogP contribution is -2.45. The van der Waals surface area contributed by atoms with E-state index in [1.165, 1.54) is 0 Å². The Balaban J connectivity index is 2.04. The molecule has 1 aliphatic rings. The fourth-order valence-electron chi connectivity index (χ4n) is 1.43. The minimum atomic E-state index is 0.145. The van der Waals surface area contributed by atoms with Gasteiger partial charge in [-0.15, -0.1) is 11.3 Å². The molecule has 1 unspecified atom stereocenters. The van der Waals surface area contributed by atoms with Gasteiger partial charge in [-0.25, -0.2) is 4.98 Å².